The molecule has 2 nitrogen and oxygen atoms in total. The lowest BCUT2D eigenvalue weighted by Gasteiger charge is -2.24. The van der Waals surface area contributed by atoms with Gasteiger partial charge in [-0.3, -0.25) is 4.98 Å². The Morgan fingerprint density at radius 3 is 2.67 bits per heavy atom. The van der Waals surface area contributed by atoms with Crippen LogP contribution in [0.4, 0.5) is 0 Å². The third kappa shape index (κ3) is 4.09. The van der Waals surface area contributed by atoms with Gasteiger partial charge in [-0.2, -0.15) is 0 Å². The zero-order valence-corrected chi connectivity index (χ0v) is 11.6. The predicted molar refractivity (Wildman–Crippen MR) is 76.5 cm³/mol. The zero-order chi connectivity index (χ0) is 12.8. The highest BCUT2D eigenvalue weighted by Gasteiger charge is 2.17. The van der Waals surface area contributed by atoms with Crippen molar-refractivity contribution in [3.63, 3.8) is 0 Å². The van der Waals surface area contributed by atoms with E-state index in [1.807, 2.05) is 6.20 Å². The van der Waals surface area contributed by atoms with E-state index >= 15 is 0 Å². The Bertz CT molecular complexity index is 339. The number of pyridine rings is 1. The van der Waals surface area contributed by atoms with Gasteiger partial charge in [-0.05, 0) is 30.4 Å². The Morgan fingerprint density at radius 1 is 1.28 bits per heavy atom. The fraction of sp³-hybridized carbons (Fsp3) is 0.688. The van der Waals surface area contributed by atoms with E-state index < -0.39 is 0 Å². The van der Waals surface area contributed by atoms with E-state index in [0.717, 1.165) is 24.5 Å². The topological polar surface area (TPSA) is 38.9 Å². The molecule has 1 aromatic heterocycles. The fourth-order valence-electron chi connectivity index (χ4n) is 2.99. The van der Waals surface area contributed by atoms with Crippen molar-refractivity contribution in [2.75, 3.05) is 0 Å². The molecule has 2 heteroatoms. The van der Waals surface area contributed by atoms with Crippen LogP contribution in [0, 0.1) is 5.92 Å². The molecule has 1 aliphatic carbocycles. The summed E-state index contributed by atoms with van der Waals surface area (Å²) >= 11 is 0. The summed E-state index contributed by atoms with van der Waals surface area (Å²) in [4.78, 5) is 4.50. The average molecular weight is 246 g/mol. The first-order valence-electron chi connectivity index (χ1n) is 7.47. The molecular weight excluding hydrogens is 220 g/mol. The average Bonchev–Trinajstić information content (AvgIpc) is 2.40. The van der Waals surface area contributed by atoms with Crippen molar-refractivity contribution in [3.05, 3.63) is 29.6 Å². The van der Waals surface area contributed by atoms with E-state index in [9.17, 15) is 0 Å². The molecule has 18 heavy (non-hydrogen) atoms. The SMILES string of the molecule is CCc1ccc(CC(N)CC2CCCCC2)nc1. The largest absolute Gasteiger partial charge is 0.327 e. The molecule has 1 saturated carbocycles. The molecule has 1 unspecified atom stereocenters. The van der Waals surface area contributed by atoms with Crippen LogP contribution in [0.15, 0.2) is 18.3 Å². The number of aryl methyl sites for hydroxylation is 1. The molecule has 0 radical (unpaired) electrons. The second kappa shape index (κ2) is 6.89. The molecule has 2 rings (SSSR count). The number of hydrogen-bond donors (Lipinski definition) is 1. The molecular formula is C16H26N2. The van der Waals surface area contributed by atoms with Crippen molar-refractivity contribution in [1.29, 1.82) is 0 Å². The Kier molecular flexibility index (Phi) is 5.18. The maximum atomic E-state index is 6.27. The van der Waals surface area contributed by atoms with E-state index in [1.54, 1.807) is 0 Å². The molecule has 100 valence electrons. The molecule has 1 aromatic rings. The Balaban J connectivity index is 1.80. The monoisotopic (exact) mass is 246 g/mol. The van der Waals surface area contributed by atoms with E-state index in [0.29, 0.717) is 0 Å². The van der Waals surface area contributed by atoms with Gasteiger partial charge in [-0.1, -0.05) is 45.1 Å². The van der Waals surface area contributed by atoms with Gasteiger partial charge < -0.3 is 5.73 Å². The van der Waals surface area contributed by atoms with Crippen LogP contribution in [0.2, 0.25) is 0 Å². The van der Waals surface area contributed by atoms with Gasteiger partial charge in [0.25, 0.3) is 0 Å². The molecule has 0 bridgehead atoms. The lowest BCUT2D eigenvalue weighted by atomic mass is 9.84. The molecule has 1 atom stereocenters. The van der Waals surface area contributed by atoms with Gasteiger partial charge in [-0.15, -0.1) is 0 Å². The molecule has 0 spiro atoms. The quantitative estimate of drug-likeness (QED) is 0.864. The molecule has 0 saturated heterocycles. The van der Waals surface area contributed by atoms with Crippen molar-refractivity contribution in [1.82, 2.24) is 4.98 Å². The van der Waals surface area contributed by atoms with E-state index in [2.05, 4.69) is 24.0 Å². The summed E-state index contributed by atoms with van der Waals surface area (Å²) in [6.07, 6.45) is 12.2. The predicted octanol–water partition coefficient (Wildman–Crippen LogP) is 3.48. The fourth-order valence-corrected chi connectivity index (χ4v) is 2.99. The van der Waals surface area contributed by atoms with Gasteiger partial charge in [0.05, 0.1) is 0 Å². The maximum Gasteiger partial charge on any atom is 0.0419 e. The third-order valence-electron chi connectivity index (χ3n) is 4.13. The van der Waals surface area contributed by atoms with Crippen LogP contribution < -0.4 is 5.73 Å². The van der Waals surface area contributed by atoms with Gasteiger partial charge in [0.1, 0.15) is 0 Å². The van der Waals surface area contributed by atoms with Gasteiger partial charge in [0.2, 0.25) is 0 Å². The molecule has 1 heterocycles. The smallest absolute Gasteiger partial charge is 0.0419 e. The van der Waals surface area contributed by atoms with Crippen molar-refractivity contribution in [2.45, 2.75) is 64.3 Å². The van der Waals surface area contributed by atoms with Gasteiger partial charge in [-0.25, -0.2) is 0 Å². The van der Waals surface area contributed by atoms with Crippen LogP contribution in [0.1, 0.15) is 56.7 Å². The summed E-state index contributed by atoms with van der Waals surface area (Å²) in [6, 6.07) is 4.60. The molecule has 0 aliphatic heterocycles. The first-order chi connectivity index (χ1) is 8.78. The summed E-state index contributed by atoms with van der Waals surface area (Å²) < 4.78 is 0. The first kappa shape index (κ1) is 13.5. The second-order valence-corrected chi connectivity index (χ2v) is 5.72. The Hall–Kier alpha value is -0.890. The van der Waals surface area contributed by atoms with Gasteiger partial charge in [0, 0.05) is 24.4 Å². The van der Waals surface area contributed by atoms with Crippen LogP contribution in [0.25, 0.3) is 0 Å². The van der Waals surface area contributed by atoms with E-state index in [4.69, 9.17) is 5.73 Å². The lowest BCUT2D eigenvalue weighted by Crippen LogP contribution is -2.27. The number of nitrogens with two attached hydrogens (primary N) is 1. The summed E-state index contributed by atoms with van der Waals surface area (Å²) in [5.41, 5.74) is 8.72. The van der Waals surface area contributed by atoms with Crippen LogP contribution >= 0.6 is 0 Å². The highest BCUT2D eigenvalue weighted by molar-refractivity contribution is 5.14. The van der Waals surface area contributed by atoms with Crippen molar-refractivity contribution in [2.24, 2.45) is 11.7 Å². The van der Waals surface area contributed by atoms with Crippen molar-refractivity contribution in [3.8, 4) is 0 Å². The minimum Gasteiger partial charge on any atom is -0.327 e. The molecule has 1 aliphatic rings. The standard InChI is InChI=1S/C16H26N2/c1-2-13-8-9-16(18-12-13)11-15(17)10-14-6-4-3-5-7-14/h8-9,12,14-15H,2-7,10-11,17H2,1H3. The molecule has 0 aromatic carbocycles. The second-order valence-electron chi connectivity index (χ2n) is 5.72. The minimum absolute atomic E-state index is 0.285. The van der Waals surface area contributed by atoms with Crippen LogP contribution in [0.3, 0.4) is 0 Å². The summed E-state index contributed by atoms with van der Waals surface area (Å²) in [5.74, 6) is 0.865. The van der Waals surface area contributed by atoms with Crippen LogP contribution in [-0.2, 0) is 12.8 Å². The number of hydrogen-bond acceptors (Lipinski definition) is 2. The highest BCUT2D eigenvalue weighted by atomic mass is 14.7. The Morgan fingerprint density at radius 2 is 2.06 bits per heavy atom. The lowest BCUT2D eigenvalue weighted by molar-refractivity contribution is 0.316. The summed E-state index contributed by atoms with van der Waals surface area (Å²) in [6.45, 7) is 2.16. The third-order valence-corrected chi connectivity index (χ3v) is 4.13. The number of aromatic nitrogens is 1. The normalized spacial score (nSPS) is 18.8. The minimum atomic E-state index is 0.285. The maximum absolute atomic E-state index is 6.27. The zero-order valence-electron chi connectivity index (χ0n) is 11.6. The van der Waals surface area contributed by atoms with Gasteiger partial charge >= 0.3 is 0 Å². The summed E-state index contributed by atoms with van der Waals surface area (Å²) in [7, 11) is 0. The van der Waals surface area contributed by atoms with Crippen molar-refractivity contribution < 1.29 is 0 Å². The molecule has 0 amide bonds. The highest BCUT2D eigenvalue weighted by Crippen LogP contribution is 2.27. The number of nitrogens with zero attached hydrogens (tertiary/aromatic N) is 1. The van der Waals surface area contributed by atoms with E-state index in [1.165, 1.54) is 44.1 Å². The van der Waals surface area contributed by atoms with E-state index in [-0.39, 0.29) is 6.04 Å². The number of rotatable bonds is 5. The molecule has 1 fully saturated rings. The Labute approximate surface area is 111 Å². The van der Waals surface area contributed by atoms with Crippen LogP contribution in [-0.4, -0.2) is 11.0 Å². The van der Waals surface area contributed by atoms with Crippen LogP contribution in [0.5, 0.6) is 0 Å². The summed E-state index contributed by atoms with van der Waals surface area (Å²) in [5, 5.41) is 0. The van der Waals surface area contributed by atoms with Gasteiger partial charge in [0.15, 0.2) is 0 Å². The van der Waals surface area contributed by atoms with Crippen molar-refractivity contribution >= 4 is 0 Å². The first-order valence-corrected chi connectivity index (χ1v) is 7.47. The molecule has 2 N–H and O–H groups in total.